The van der Waals surface area contributed by atoms with Crippen LogP contribution in [0.2, 0.25) is 5.15 Å². The Morgan fingerprint density at radius 2 is 2.35 bits per heavy atom. The van der Waals surface area contributed by atoms with E-state index in [1.165, 1.54) is 12.8 Å². The van der Waals surface area contributed by atoms with Gasteiger partial charge in [-0.1, -0.05) is 11.6 Å². The highest BCUT2D eigenvalue weighted by molar-refractivity contribution is 6.29. The lowest BCUT2D eigenvalue weighted by Gasteiger charge is -2.27. The van der Waals surface area contributed by atoms with Crippen molar-refractivity contribution in [1.29, 1.82) is 0 Å². The molecule has 17 heavy (non-hydrogen) atoms. The Morgan fingerprint density at radius 3 is 3.00 bits per heavy atom. The van der Waals surface area contributed by atoms with E-state index in [4.69, 9.17) is 11.6 Å². The van der Waals surface area contributed by atoms with Crippen LogP contribution < -0.4 is 10.2 Å². The van der Waals surface area contributed by atoms with Crippen LogP contribution in [0.5, 0.6) is 0 Å². The molecular formula is C12H19ClN4. The second-order valence-corrected chi connectivity index (χ2v) is 5.11. The van der Waals surface area contributed by atoms with E-state index >= 15 is 0 Å². The molecule has 5 heteroatoms. The van der Waals surface area contributed by atoms with Gasteiger partial charge in [-0.2, -0.15) is 0 Å². The summed E-state index contributed by atoms with van der Waals surface area (Å²) in [5, 5.41) is 3.94. The Hall–Kier alpha value is -0.870. The minimum Gasteiger partial charge on any atom is -0.344 e. The van der Waals surface area contributed by atoms with E-state index in [9.17, 15) is 0 Å². The number of rotatable bonds is 3. The zero-order valence-electron chi connectivity index (χ0n) is 10.4. The molecule has 0 amide bonds. The molecule has 2 rings (SSSR count). The Labute approximate surface area is 107 Å². The Kier molecular flexibility index (Phi) is 4.18. The van der Waals surface area contributed by atoms with Gasteiger partial charge < -0.3 is 10.2 Å². The molecule has 1 N–H and O–H groups in total. The summed E-state index contributed by atoms with van der Waals surface area (Å²) in [6.45, 7) is 5.15. The molecule has 0 aliphatic carbocycles. The van der Waals surface area contributed by atoms with Crippen molar-refractivity contribution in [2.24, 2.45) is 5.92 Å². The second kappa shape index (κ2) is 5.65. The minimum absolute atomic E-state index is 0.515. The number of nitrogens with zero attached hydrogens (tertiary/aromatic N) is 3. The first-order chi connectivity index (χ1) is 8.15. The van der Waals surface area contributed by atoms with E-state index in [1.807, 2.05) is 14.0 Å². The van der Waals surface area contributed by atoms with Gasteiger partial charge in [-0.3, -0.25) is 0 Å². The summed E-state index contributed by atoms with van der Waals surface area (Å²) < 4.78 is 0. The number of anilines is 1. The molecule has 1 saturated heterocycles. The predicted molar refractivity (Wildman–Crippen MR) is 70.6 cm³/mol. The largest absolute Gasteiger partial charge is 0.344 e. The summed E-state index contributed by atoms with van der Waals surface area (Å²) in [6, 6.07) is 1.78. The van der Waals surface area contributed by atoms with Crippen molar-refractivity contribution in [3.05, 3.63) is 16.9 Å². The normalized spacial score (nSPS) is 20.3. The van der Waals surface area contributed by atoms with Gasteiger partial charge in [0.05, 0.1) is 0 Å². The fraction of sp³-hybridized carbons (Fsp3) is 0.667. The van der Waals surface area contributed by atoms with E-state index in [1.54, 1.807) is 6.07 Å². The summed E-state index contributed by atoms with van der Waals surface area (Å²) in [7, 11) is 2.03. The lowest BCUT2D eigenvalue weighted by atomic mass is 9.99. The zero-order valence-corrected chi connectivity index (χ0v) is 11.2. The van der Waals surface area contributed by atoms with Crippen molar-refractivity contribution >= 4 is 17.5 Å². The topological polar surface area (TPSA) is 41.1 Å². The van der Waals surface area contributed by atoms with Gasteiger partial charge in [0, 0.05) is 19.3 Å². The molecule has 0 spiro atoms. The molecule has 1 aromatic heterocycles. The molecule has 0 saturated carbocycles. The first-order valence-electron chi connectivity index (χ1n) is 6.08. The van der Waals surface area contributed by atoms with Gasteiger partial charge in [0.2, 0.25) is 5.95 Å². The van der Waals surface area contributed by atoms with Gasteiger partial charge in [-0.15, -0.1) is 0 Å². The van der Waals surface area contributed by atoms with Crippen molar-refractivity contribution in [3.63, 3.8) is 0 Å². The number of hydrogen-bond donors (Lipinski definition) is 1. The molecule has 1 aliphatic rings. The molecule has 1 fully saturated rings. The van der Waals surface area contributed by atoms with Crippen molar-refractivity contribution in [2.75, 3.05) is 31.6 Å². The Morgan fingerprint density at radius 1 is 1.53 bits per heavy atom. The van der Waals surface area contributed by atoms with Crippen LogP contribution in [0.25, 0.3) is 0 Å². The van der Waals surface area contributed by atoms with Gasteiger partial charge in [0.15, 0.2) is 0 Å². The van der Waals surface area contributed by atoms with Gasteiger partial charge in [0.25, 0.3) is 0 Å². The van der Waals surface area contributed by atoms with Crippen LogP contribution >= 0.6 is 11.6 Å². The number of hydrogen-bond acceptors (Lipinski definition) is 4. The van der Waals surface area contributed by atoms with Gasteiger partial charge in [-0.25, -0.2) is 9.97 Å². The van der Waals surface area contributed by atoms with Crippen LogP contribution in [0.15, 0.2) is 6.07 Å². The van der Waals surface area contributed by atoms with E-state index in [2.05, 4.69) is 20.2 Å². The summed E-state index contributed by atoms with van der Waals surface area (Å²) in [6.07, 6.45) is 2.53. The Bertz CT molecular complexity index is 357. The van der Waals surface area contributed by atoms with Crippen molar-refractivity contribution in [3.8, 4) is 0 Å². The standard InChI is InChI=1S/C12H19ClN4/c1-9-6-11(13)16-12(15-9)17(2)8-10-4-3-5-14-7-10/h6,10,14H,3-5,7-8H2,1-2H3/t10-/m1/s1. The highest BCUT2D eigenvalue weighted by Crippen LogP contribution is 2.16. The van der Waals surface area contributed by atoms with E-state index in [0.29, 0.717) is 11.1 Å². The van der Waals surface area contributed by atoms with Crippen LogP contribution in [0.1, 0.15) is 18.5 Å². The molecule has 2 heterocycles. The van der Waals surface area contributed by atoms with Crippen molar-refractivity contribution in [2.45, 2.75) is 19.8 Å². The second-order valence-electron chi connectivity index (χ2n) is 4.72. The molecule has 0 aromatic carbocycles. The van der Waals surface area contributed by atoms with Crippen LogP contribution in [0.3, 0.4) is 0 Å². The highest BCUT2D eigenvalue weighted by Gasteiger charge is 2.16. The quantitative estimate of drug-likeness (QED) is 0.837. The number of nitrogens with one attached hydrogen (secondary N) is 1. The maximum Gasteiger partial charge on any atom is 0.226 e. The molecule has 1 aromatic rings. The average molecular weight is 255 g/mol. The molecule has 0 unspecified atom stereocenters. The maximum absolute atomic E-state index is 5.95. The SMILES string of the molecule is Cc1cc(Cl)nc(N(C)C[C@@H]2CCCNC2)n1. The van der Waals surface area contributed by atoms with Gasteiger partial charge in [0.1, 0.15) is 5.15 Å². The van der Waals surface area contributed by atoms with E-state index in [-0.39, 0.29) is 0 Å². The third kappa shape index (κ3) is 3.54. The van der Waals surface area contributed by atoms with Gasteiger partial charge in [-0.05, 0) is 44.8 Å². The summed E-state index contributed by atoms with van der Waals surface area (Å²) in [5.41, 5.74) is 0.911. The number of aryl methyl sites for hydroxylation is 1. The average Bonchev–Trinajstić information content (AvgIpc) is 2.29. The molecule has 0 bridgehead atoms. The molecule has 94 valence electrons. The third-order valence-corrected chi connectivity index (χ3v) is 3.28. The van der Waals surface area contributed by atoms with Crippen LogP contribution in [-0.2, 0) is 0 Å². The number of piperidine rings is 1. The molecule has 0 radical (unpaired) electrons. The monoisotopic (exact) mass is 254 g/mol. The molecule has 1 atom stereocenters. The fourth-order valence-corrected chi connectivity index (χ4v) is 2.47. The molecular weight excluding hydrogens is 236 g/mol. The van der Waals surface area contributed by atoms with Crippen LogP contribution in [-0.4, -0.2) is 36.6 Å². The predicted octanol–water partition coefficient (Wildman–Crippen LogP) is 1.87. The first kappa shape index (κ1) is 12.6. The smallest absolute Gasteiger partial charge is 0.226 e. The van der Waals surface area contributed by atoms with Crippen molar-refractivity contribution in [1.82, 2.24) is 15.3 Å². The highest BCUT2D eigenvalue weighted by atomic mass is 35.5. The van der Waals surface area contributed by atoms with Crippen LogP contribution in [0, 0.1) is 12.8 Å². The van der Waals surface area contributed by atoms with Gasteiger partial charge >= 0.3 is 0 Å². The maximum atomic E-state index is 5.95. The Balaban J connectivity index is 2.00. The molecule has 4 nitrogen and oxygen atoms in total. The van der Waals surface area contributed by atoms with Crippen molar-refractivity contribution < 1.29 is 0 Å². The zero-order chi connectivity index (χ0) is 12.3. The first-order valence-corrected chi connectivity index (χ1v) is 6.46. The fourth-order valence-electron chi connectivity index (χ4n) is 2.23. The minimum atomic E-state index is 0.515. The summed E-state index contributed by atoms with van der Waals surface area (Å²) in [4.78, 5) is 10.8. The third-order valence-electron chi connectivity index (χ3n) is 3.08. The van der Waals surface area contributed by atoms with E-state index < -0.39 is 0 Å². The van der Waals surface area contributed by atoms with E-state index in [0.717, 1.165) is 31.3 Å². The lowest BCUT2D eigenvalue weighted by molar-refractivity contribution is 0.380. The summed E-state index contributed by atoms with van der Waals surface area (Å²) in [5.74, 6) is 1.40. The lowest BCUT2D eigenvalue weighted by Crippen LogP contribution is -2.37. The summed E-state index contributed by atoms with van der Waals surface area (Å²) >= 11 is 5.95. The van der Waals surface area contributed by atoms with Crippen LogP contribution in [0.4, 0.5) is 5.95 Å². The number of aromatic nitrogens is 2. The molecule has 1 aliphatic heterocycles. The number of halogens is 1.